The minimum absolute atomic E-state index is 0.267. The number of rotatable bonds is 2. The van der Waals surface area contributed by atoms with Crippen molar-refractivity contribution in [2.45, 2.75) is 6.92 Å². The van der Waals surface area contributed by atoms with E-state index in [9.17, 15) is 9.90 Å². The lowest BCUT2D eigenvalue weighted by molar-refractivity contribution is 0.0601. The lowest BCUT2D eigenvalue weighted by atomic mass is 10.0. The second kappa shape index (κ2) is 4.92. The van der Waals surface area contributed by atoms with Gasteiger partial charge in [0.2, 0.25) is 0 Å². The molecule has 3 heteroatoms. The smallest absolute Gasteiger partial charge is 0.337 e. The number of esters is 1. The lowest BCUT2D eigenvalue weighted by Crippen LogP contribution is -2.00. The van der Waals surface area contributed by atoms with E-state index in [1.165, 1.54) is 7.11 Å². The van der Waals surface area contributed by atoms with Crippen molar-refractivity contribution >= 4 is 5.97 Å². The first kappa shape index (κ1) is 12.2. The molecule has 0 spiro atoms. The normalized spacial score (nSPS) is 10.1. The molecule has 2 aromatic carbocycles. The first-order valence-corrected chi connectivity index (χ1v) is 5.60. The van der Waals surface area contributed by atoms with Gasteiger partial charge in [-0.25, -0.2) is 4.79 Å². The van der Waals surface area contributed by atoms with Crippen molar-refractivity contribution < 1.29 is 14.6 Å². The Balaban J connectivity index is 2.44. The topological polar surface area (TPSA) is 46.5 Å². The Bertz CT molecular complexity index is 588. The molecule has 3 nitrogen and oxygen atoms in total. The Kier molecular flexibility index (Phi) is 3.33. The molecule has 0 saturated carbocycles. The average molecular weight is 242 g/mol. The van der Waals surface area contributed by atoms with Gasteiger partial charge in [-0.3, -0.25) is 0 Å². The van der Waals surface area contributed by atoms with E-state index in [1.807, 2.05) is 31.2 Å². The van der Waals surface area contributed by atoms with Gasteiger partial charge in [0.05, 0.1) is 12.7 Å². The molecule has 2 aromatic rings. The first-order valence-electron chi connectivity index (χ1n) is 5.60. The SMILES string of the molecule is COC(=O)c1cccc(-c2ccc(O)c(C)c2)c1. The maximum absolute atomic E-state index is 11.5. The van der Waals surface area contributed by atoms with E-state index < -0.39 is 0 Å². The van der Waals surface area contributed by atoms with Gasteiger partial charge in [-0.05, 0) is 47.9 Å². The minimum atomic E-state index is -0.354. The van der Waals surface area contributed by atoms with Crippen LogP contribution in [0.2, 0.25) is 0 Å². The maximum atomic E-state index is 11.5. The zero-order valence-electron chi connectivity index (χ0n) is 10.3. The highest BCUT2D eigenvalue weighted by Gasteiger charge is 2.07. The van der Waals surface area contributed by atoms with Crippen LogP contribution in [0.3, 0.4) is 0 Å². The summed E-state index contributed by atoms with van der Waals surface area (Å²) in [5.41, 5.74) is 3.19. The van der Waals surface area contributed by atoms with Crippen molar-refractivity contribution in [3.8, 4) is 16.9 Å². The van der Waals surface area contributed by atoms with E-state index in [2.05, 4.69) is 0 Å². The second-order valence-electron chi connectivity index (χ2n) is 4.07. The van der Waals surface area contributed by atoms with Gasteiger partial charge in [-0.2, -0.15) is 0 Å². The molecule has 18 heavy (non-hydrogen) atoms. The zero-order valence-corrected chi connectivity index (χ0v) is 10.3. The van der Waals surface area contributed by atoms with Crippen LogP contribution in [-0.4, -0.2) is 18.2 Å². The largest absolute Gasteiger partial charge is 0.508 e. The monoisotopic (exact) mass is 242 g/mol. The molecule has 0 aliphatic carbocycles. The predicted octanol–water partition coefficient (Wildman–Crippen LogP) is 3.15. The van der Waals surface area contributed by atoms with Crippen LogP contribution in [-0.2, 0) is 4.74 Å². The molecule has 0 aromatic heterocycles. The van der Waals surface area contributed by atoms with Crippen molar-refractivity contribution in [1.29, 1.82) is 0 Å². The summed E-state index contributed by atoms with van der Waals surface area (Å²) in [7, 11) is 1.36. The number of hydrogen-bond acceptors (Lipinski definition) is 3. The average Bonchev–Trinajstić information content (AvgIpc) is 2.41. The summed E-state index contributed by atoms with van der Waals surface area (Å²) in [6, 6.07) is 12.6. The molecule has 0 aliphatic rings. The first-order chi connectivity index (χ1) is 8.61. The van der Waals surface area contributed by atoms with Gasteiger partial charge in [-0.1, -0.05) is 18.2 Å². The van der Waals surface area contributed by atoms with E-state index in [0.29, 0.717) is 5.56 Å². The molecule has 0 amide bonds. The molecule has 1 N–H and O–H groups in total. The number of aromatic hydroxyl groups is 1. The van der Waals surface area contributed by atoms with Crippen LogP contribution in [0.4, 0.5) is 0 Å². The number of phenols is 1. The molecule has 0 aliphatic heterocycles. The lowest BCUT2D eigenvalue weighted by Gasteiger charge is -2.06. The summed E-state index contributed by atoms with van der Waals surface area (Å²) < 4.78 is 4.69. The predicted molar refractivity (Wildman–Crippen MR) is 69.6 cm³/mol. The Morgan fingerprint density at radius 1 is 1.11 bits per heavy atom. The van der Waals surface area contributed by atoms with Gasteiger partial charge in [0, 0.05) is 0 Å². The van der Waals surface area contributed by atoms with Gasteiger partial charge in [-0.15, -0.1) is 0 Å². The number of hydrogen-bond donors (Lipinski definition) is 1. The van der Waals surface area contributed by atoms with Crippen molar-refractivity contribution in [3.63, 3.8) is 0 Å². The highest BCUT2D eigenvalue weighted by Crippen LogP contribution is 2.26. The Hall–Kier alpha value is -2.29. The Morgan fingerprint density at radius 3 is 2.50 bits per heavy atom. The number of benzene rings is 2. The molecule has 0 saturated heterocycles. The third kappa shape index (κ3) is 2.35. The van der Waals surface area contributed by atoms with Crippen molar-refractivity contribution in [3.05, 3.63) is 53.6 Å². The number of phenolic OH excluding ortho intramolecular Hbond substituents is 1. The van der Waals surface area contributed by atoms with Gasteiger partial charge >= 0.3 is 5.97 Å². The van der Waals surface area contributed by atoms with Gasteiger partial charge in [0.25, 0.3) is 0 Å². The molecule has 0 bridgehead atoms. The number of ether oxygens (including phenoxy) is 1. The van der Waals surface area contributed by atoms with Crippen molar-refractivity contribution in [2.24, 2.45) is 0 Å². The Morgan fingerprint density at radius 2 is 1.83 bits per heavy atom. The molecule has 0 radical (unpaired) electrons. The van der Waals surface area contributed by atoms with Crippen LogP contribution in [0.1, 0.15) is 15.9 Å². The zero-order chi connectivity index (χ0) is 13.1. The summed E-state index contributed by atoms with van der Waals surface area (Å²) in [5, 5.41) is 9.50. The summed E-state index contributed by atoms with van der Waals surface area (Å²) in [5.74, 6) is -0.0878. The van der Waals surface area contributed by atoms with Crippen LogP contribution in [0, 0.1) is 6.92 Å². The van der Waals surface area contributed by atoms with Crippen LogP contribution < -0.4 is 0 Å². The van der Waals surface area contributed by atoms with Gasteiger partial charge in [0.15, 0.2) is 0 Å². The minimum Gasteiger partial charge on any atom is -0.508 e. The molecule has 0 unspecified atom stereocenters. The third-order valence-electron chi connectivity index (χ3n) is 2.81. The quantitative estimate of drug-likeness (QED) is 0.823. The summed E-state index contributed by atoms with van der Waals surface area (Å²) in [6.07, 6.45) is 0. The van der Waals surface area contributed by atoms with Gasteiger partial charge < -0.3 is 9.84 Å². The van der Waals surface area contributed by atoms with E-state index in [1.54, 1.807) is 18.2 Å². The molecule has 92 valence electrons. The standard InChI is InChI=1S/C15H14O3/c1-10-8-12(6-7-14(10)16)11-4-3-5-13(9-11)15(17)18-2/h3-9,16H,1-2H3. The second-order valence-corrected chi connectivity index (χ2v) is 4.07. The van der Waals surface area contributed by atoms with E-state index in [4.69, 9.17) is 4.74 Å². The molecular formula is C15H14O3. The summed E-state index contributed by atoms with van der Waals surface area (Å²) in [4.78, 5) is 11.5. The molecule has 0 atom stereocenters. The fourth-order valence-electron chi connectivity index (χ4n) is 1.78. The molecule has 2 rings (SSSR count). The van der Waals surface area contributed by atoms with E-state index in [0.717, 1.165) is 16.7 Å². The van der Waals surface area contributed by atoms with E-state index in [-0.39, 0.29) is 11.7 Å². The molecule has 0 fully saturated rings. The highest BCUT2D eigenvalue weighted by molar-refractivity contribution is 5.91. The highest BCUT2D eigenvalue weighted by atomic mass is 16.5. The number of aryl methyl sites for hydroxylation is 1. The van der Waals surface area contributed by atoms with Crippen LogP contribution >= 0.6 is 0 Å². The number of methoxy groups -OCH3 is 1. The third-order valence-corrected chi connectivity index (χ3v) is 2.81. The van der Waals surface area contributed by atoms with Crippen LogP contribution in [0.15, 0.2) is 42.5 Å². The van der Waals surface area contributed by atoms with Crippen molar-refractivity contribution in [2.75, 3.05) is 7.11 Å². The van der Waals surface area contributed by atoms with Crippen LogP contribution in [0.5, 0.6) is 5.75 Å². The summed E-state index contributed by atoms with van der Waals surface area (Å²) >= 11 is 0. The number of carbonyl (C=O) groups is 1. The number of carbonyl (C=O) groups excluding carboxylic acids is 1. The summed E-state index contributed by atoms with van der Waals surface area (Å²) in [6.45, 7) is 1.84. The fourth-order valence-corrected chi connectivity index (χ4v) is 1.78. The van der Waals surface area contributed by atoms with E-state index >= 15 is 0 Å². The molecular weight excluding hydrogens is 228 g/mol. The fraction of sp³-hybridized carbons (Fsp3) is 0.133. The van der Waals surface area contributed by atoms with Gasteiger partial charge in [0.1, 0.15) is 5.75 Å². The van der Waals surface area contributed by atoms with Crippen LogP contribution in [0.25, 0.3) is 11.1 Å². The molecule has 0 heterocycles. The Labute approximate surface area is 106 Å². The maximum Gasteiger partial charge on any atom is 0.337 e. The van der Waals surface area contributed by atoms with Crippen molar-refractivity contribution in [1.82, 2.24) is 0 Å².